The summed E-state index contributed by atoms with van der Waals surface area (Å²) in [6.07, 6.45) is 1.07. The lowest BCUT2D eigenvalue weighted by atomic mass is 9.99. The number of anilines is 2. The second-order valence-electron chi connectivity index (χ2n) is 5.25. The fraction of sp³-hybridized carbons (Fsp3) is 0.312. The van der Waals surface area contributed by atoms with Gasteiger partial charge in [-0.1, -0.05) is 0 Å². The highest BCUT2D eigenvalue weighted by Gasteiger charge is 2.25. The fourth-order valence-electron chi connectivity index (χ4n) is 2.89. The first-order chi connectivity index (χ1) is 9.58. The smallest absolute Gasteiger partial charge is 0.161 e. The Labute approximate surface area is 123 Å². The van der Waals surface area contributed by atoms with Crippen LogP contribution in [-0.2, 0) is 6.42 Å². The summed E-state index contributed by atoms with van der Waals surface area (Å²) >= 11 is 1.84. The molecule has 1 atom stereocenters. The van der Waals surface area contributed by atoms with Crippen molar-refractivity contribution in [3.05, 3.63) is 45.6 Å². The number of fused-ring (bicyclic) bond motifs is 1. The molecule has 1 unspecified atom stereocenters. The molecular formula is C16H18N2OS. The third kappa shape index (κ3) is 2.10. The first-order valence-corrected chi connectivity index (χ1v) is 7.69. The first-order valence-electron chi connectivity index (χ1n) is 6.81. The maximum Gasteiger partial charge on any atom is 0.161 e. The Kier molecular flexibility index (Phi) is 3.26. The minimum Gasteiger partial charge on any atom is -0.398 e. The number of hydrogen-bond acceptors (Lipinski definition) is 4. The van der Waals surface area contributed by atoms with E-state index in [0.717, 1.165) is 18.7 Å². The van der Waals surface area contributed by atoms with Crippen LogP contribution in [0.2, 0.25) is 0 Å². The molecule has 20 heavy (non-hydrogen) atoms. The molecule has 0 fully saturated rings. The number of rotatable bonds is 2. The van der Waals surface area contributed by atoms with Gasteiger partial charge in [0.25, 0.3) is 0 Å². The van der Waals surface area contributed by atoms with Crippen molar-refractivity contribution in [1.29, 1.82) is 0 Å². The van der Waals surface area contributed by atoms with Crippen LogP contribution in [0.5, 0.6) is 0 Å². The van der Waals surface area contributed by atoms with Gasteiger partial charge in [0.15, 0.2) is 5.78 Å². The molecule has 4 heteroatoms. The van der Waals surface area contributed by atoms with E-state index in [1.165, 1.54) is 10.4 Å². The number of benzene rings is 1. The van der Waals surface area contributed by atoms with Gasteiger partial charge in [0.1, 0.15) is 0 Å². The standard InChI is InChI=1S/C16H18N2OS/c1-10-13-6-8-20-16(13)5-7-18(10)12-3-4-15(17)14(9-12)11(2)19/h3-4,6,8-10H,5,7,17H2,1-2H3. The Balaban J connectivity index is 1.98. The predicted octanol–water partition coefficient (Wildman–Crippen LogP) is 3.66. The molecule has 1 aliphatic rings. The zero-order chi connectivity index (χ0) is 14.3. The van der Waals surface area contributed by atoms with Gasteiger partial charge in [-0.15, -0.1) is 11.3 Å². The van der Waals surface area contributed by atoms with Gasteiger partial charge in [-0.05, 0) is 55.5 Å². The summed E-state index contributed by atoms with van der Waals surface area (Å²) < 4.78 is 0. The first kappa shape index (κ1) is 13.2. The molecule has 0 radical (unpaired) electrons. The van der Waals surface area contributed by atoms with E-state index in [9.17, 15) is 4.79 Å². The van der Waals surface area contributed by atoms with Crippen LogP contribution in [0.25, 0.3) is 0 Å². The van der Waals surface area contributed by atoms with Gasteiger partial charge >= 0.3 is 0 Å². The molecule has 3 nitrogen and oxygen atoms in total. The van der Waals surface area contributed by atoms with E-state index in [2.05, 4.69) is 23.3 Å². The van der Waals surface area contributed by atoms with E-state index in [4.69, 9.17) is 5.73 Å². The van der Waals surface area contributed by atoms with Gasteiger partial charge in [-0.25, -0.2) is 0 Å². The lowest BCUT2D eigenvalue weighted by Crippen LogP contribution is -2.33. The van der Waals surface area contributed by atoms with Crippen molar-refractivity contribution in [3.8, 4) is 0 Å². The molecule has 1 aromatic carbocycles. The molecule has 2 heterocycles. The summed E-state index contributed by atoms with van der Waals surface area (Å²) in [7, 11) is 0. The van der Waals surface area contributed by atoms with Gasteiger partial charge in [0.05, 0.1) is 6.04 Å². The van der Waals surface area contributed by atoms with Crippen LogP contribution in [0, 0.1) is 0 Å². The van der Waals surface area contributed by atoms with E-state index in [-0.39, 0.29) is 5.78 Å². The topological polar surface area (TPSA) is 46.3 Å². The van der Waals surface area contributed by atoms with Crippen LogP contribution in [0.3, 0.4) is 0 Å². The minimum atomic E-state index is 0.0187. The Bertz CT molecular complexity index is 662. The number of carbonyl (C=O) groups is 1. The molecule has 0 spiro atoms. The highest BCUT2D eigenvalue weighted by atomic mass is 32.1. The maximum absolute atomic E-state index is 11.6. The van der Waals surface area contributed by atoms with Crippen molar-refractivity contribution in [1.82, 2.24) is 0 Å². The van der Waals surface area contributed by atoms with Gasteiger partial charge in [-0.3, -0.25) is 4.79 Å². The average Bonchev–Trinajstić information content (AvgIpc) is 2.89. The summed E-state index contributed by atoms with van der Waals surface area (Å²) in [4.78, 5) is 15.5. The number of nitrogens with zero attached hydrogens (tertiary/aromatic N) is 1. The third-order valence-corrected chi connectivity index (χ3v) is 5.02. The van der Waals surface area contributed by atoms with Gasteiger partial charge in [0.2, 0.25) is 0 Å². The Morgan fingerprint density at radius 2 is 2.20 bits per heavy atom. The Morgan fingerprint density at radius 3 is 2.95 bits per heavy atom. The van der Waals surface area contributed by atoms with Crippen molar-refractivity contribution in [3.63, 3.8) is 0 Å². The number of nitrogens with two attached hydrogens (primary N) is 1. The van der Waals surface area contributed by atoms with E-state index >= 15 is 0 Å². The average molecular weight is 286 g/mol. The molecule has 0 amide bonds. The second kappa shape index (κ2) is 4.94. The van der Waals surface area contributed by atoms with Crippen LogP contribution in [0.4, 0.5) is 11.4 Å². The van der Waals surface area contributed by atoms with Crippen molar-refractivity contribution in [2.45, 2.75) is 26.3 Å². The van der Waals surface area contributed by atoms with Gasteiger partial charge < -0.3 is 10.6 Å². The van der Waals surface area contributed by atoms with Gasteiger partial charge in [0, 0.05) is 28.4 Å². The number of ketones is 1. The van der Waals surface area contributed by atoms with Crippen LogP contribution in [0.15, 0.2) is 29.6 Å². The lowest BCUT2D eigenvalue weighted by Gasteiger charge is -2.35. The summed E-state index contributed by atoms with van der Waals surface area (Å²) in [5.74, 6) is 0.0187. The third-order valence-electron chi connectivity index (χ3n) is 4.03. The van der Waals surface area contributed by atoms with E-state index < -0.39 is 0 Å². The zero-order valence-electron chi connectivity index (χ0n) is 11.7. The Morgan fingerprint density at radius 1 is 1.40 bits per heavy atom. The molecule has 1 aliphatic heterocycles. The molecule has 0 aliphatic carbocycles. The number of carbonyl (C=O) groups excluding carboxylic acids is 1. The van der Waals surface area contributed by atoms with Crippen molar-refractivity contribution < 1.29 is 4.79 Å². The zero-order valence-corrected chi connectivity index (χ0v) is 12.5. The maximum atomic E-state index is 11.6. The largest absolute Gasteiger partial charge is 0.398 e. The van der Waals surface area contributed by atoms with Crippen LogP contribution < -0.4 is 10.6 Å². The highest BCUT2D eigenvalue weighted by molar-refractivity contribution is 7.10. The second-order valence-corrected chi connectivity index (χ2v) is 6.25. The van der Waals surface area contributed by atoms with Crippen LogP contribution >= 0.6 is 11.3 Å². The number of thiophene rings is 1. The molecule has 104 valence electrons. The molecular weight excluding hydrogens is 268 g/mol. The van der Waals surface area contributed by atoms with E-state index in [1.54, 1.807) is 6.92 Å². The molecule has 2 N–H and O–H groups in total. The summed E-state index contributed by atoms with van der Waals surface area (Å²) in [6, 6.07) is 8.32. The Hall–Kier alpha value is -1.81. The van der Waals surface area contributed by atoms with Crippen molar-refractivity contribution >= 4 is 28.5 Å². The van der Waals surface area contributed by atoms with E-state index in [0.29, 0.717) is 17.3 Å². The summed E-state index contributed by atoms with van der Waals surface area (Å²) in [5, 5.41) is 2.16. The minimum absolute atomic E-state index is 0.0187. The monoisotopic (exact) mass is 286 g/mol. The normalized spacial score (nSPS) is 17.9. The predicted molar refractivity (Wildman–Crippen MR) is 84.6 cm³/mol. The summed E-state index contributed by atoms with van der Waals surface area (Å²) in [6.45, 7) is 4.76. The lowest BCUT2D eigenvalue weighted by molar-refractivity contribution is 0.101. The molecule has 3 rings (SSSR count). The molecule has 0 saturated heterocycles. The number of nitrogen functional groups attached to an aromatic ring is 1. The molecule has 1 aromatic heterocycles. The molecule has 0 saturated carbocycles. The molecule has 0 bridgehead atoms. The SMILES string of the molecule is CC(=O)c1cc(N2CCc3sccc3C2C)ccc1N. The van der Waals surface area contributed by atoms with Crippen LogP contribution in [-0.4, -0.2) is 12.3 Å². The number of hydrogen-bond donors (Lipinski definition) is 1. The summed E-state index contributed by atoms with van der Waals surface area (Å²) in [5.41, 5.74) is 9.53. The van der Waals surface area contributed by atoms with E-state index in [1.807, 2.05) is 29.5 Å². The van der Waals surface area contributed by atoms with Crippen molar-refractivity contribution in [2.24, 2.45) is 0 Å². The molecule has 2 aromatic rings. The van der Waals surface area contributed by atoms with Crippen molar-refractivity contribution in [2.75, 3.05) is 17.2 Å². The van der Waals surface area contributed by atoms with Crippen LogP contribution in [0.1, 0.15) is 40.7 Å². The highest BCUT2D eigenvalue weighted by Crippen LogP contribution is 2.36. The quantitative estimate of drug-likeness (QED) is 0.677. The fourth-order valence-corrected chi connectivity index (χ4v) is 3.85. The van der Waals surface area contributed by atoms with Gasteiger partial charge in [-0.2, -0.15) is 0 Å². The number of Topliss-reactive ketones (excluding diaryl/α,β-unsaturated/α-hetero) is 1.